The van der Waals surface area contributed by atoms with Crippen molar-refractivity contribution in [2.45, 2.75) is 32.1 Å². The highest BCUT2D eigenvalue weighted by Gasteiger charge is 2.31. The molecule has 2 aromatic heterocycles. The van der Waals surface area contributed by atoms with E-state index >= 15 is 0 Å². The van der Waals surface area contributed by atoms with Crippen LogP contribution >= 0.6 is 34.3 Å². The van der Waals surface area contributed by atoms with Gasteiger partial charge in [0.15, 0.2) is 10.3 Å². The molecule has 1 aliphatic carbocycles. The Morgan fingerprint density at radius 3 is 2.64 bits per heavy atom. The van der Waals surface area contributed by atoms with E-state index in [1.807, 2.05) is 12.3 Å². The number of benzene rings is 1. The molecule has 2 amide bonds. The highest BCUT2D eigenvalue weighted by molar-refractivity contribution is 7.16. The van der Waals surface area contributed by atoms with Gasteiger partial charge in [-0.1, -0.05) is 11.6 Å². The number of hydrogen-bond acceptors (Lipinski definition) is 6. The molecule has 4 rings (SSSR count). The van der Waals surface area contributed by atoms with Gasteiger partial charge in [-0.25, -0.2) is 9.97 Å². The third-order valence-electron chi connectivity index (χ3n) is 4.45. The molecule has 0 spiro atoms. The van der Waals surface area contributed by atoms with Crippen LogP contribution in [0.4, 0.5) is 10.3 Å². The summed E-state index contributed by atoms with van der Waals surface area (Å²) in [5, 5.41) is 9.30. The van der Waals surface area contributed by atoms with Crippen LogP contribution in [0.1, 0.15) is 45.4 Å². The van der Waals surface area contributed by atoms with Gasteiger partial charge < -0.3 is 5.32 Å². The van der Waals surface area contributed by atoms with Crippen LogP contribution in [-0.4, -0.2) is 21.8 Å². The summed E-state index contributed by atoms with van der Waals surface area (Å²) >= 11 is 8.71. The molecule has 0 radical (unpaired) electrons. The Bertz CT molecular complexity index is 1030. The standard InChI is InChI=1S/C19H17ClN4O2S2/c1-10-9-27-18(21-10)24-17(26)13-3-2-4-14-15(13)22-19(28-14)23-16(25)11-5-7-12(20)8-6-11/h5-9,13H,2-4H2,1H3,(H,21,24,26)(H,22,23,25). The van der Waals surface area contributed by atoms with Crippen LogP contribution in [0, 0.1) is 6.92 Å². The largest absolute Gasteiger partial charge is 0.301 e. The van der Waals surface area contributed by atoms with Gasteiger partial charge in [-0.3, -0.25) is 14.9 Å². The molecule has 1 atom stereocenters. The molecule has 144 valence electrons. The average molecular weight is 433 g/mol. The summed E-state index contributed by atoms with van der Waals surface area (Å²) < 4.78 is 0. The van der Waals surface area contributed by atoms with Crippen LogP contribution in [0.5, 0.6) is 0 Å². The Hall–Kier alpha value is -2.29. The minimum absolute atomic E-state index is 0.101. The summed E-state index contributed by atoms with van der Waals surface area (Å²) in [7, 11) is 0. The lowest BCUT2D eigenvalue weighted by Crippen LogP contribution is -2.24. The molecule has 2 N–H and O–H groups in total. The molecular formula is C19H17ClN4O2S2. The maximum absolute atomic E-state index is 12.7. The highest BCUT2D eigenvalue weighted by atomic mass is 35.5. The maximum atomic E-state index is 12.7. The Morgan fingerprint density at radius 2 is 1.93 bits per heavy atom. The zero-order valence-corrected chi connectivity index (χ0v) is 17.4. The topological polar surface area (TPSA) is 84.0 Å². The van der Waals surface area contributed by atoms with Gasteiger partial charge >= 0.3 is 0 Å². The molecule has 0 fully saturated rings. The van der Waals surface area contributed by atoms with Crippen molar-refractivity contribution in [1.29, 1.82) is 0 Å². The van der Waals surface area contributed by atoms with Crippen molar-refractivity contribution in [1.82, 2.24) is 9.97 Å². The smallest absolute Gasteiger partial charge is 0.257 e. The van der Waals surface area contributed by atoms with E-state index in [0.29, 0.717) is 20.8 Å². The molecule has 1 unspecified atom stereocenters. The highest BCUT2D eigenvalue weighted by Crippen LogP contribution is 2.37. The number of aryl methyl sites for hydroxylation is 2. The fraction of sp³-hybridized carbons (Fsp3) is 0.263. The second-order valence-corrected chi connectivity index (χ2v) is 8.89. The average Bonchev–Trinajstić information content (AvgIpc) is 3.27. The number of carbonyl (C=O) groups excluding carboxylic acids is 2. The monoisotopic (exact) mass is 432 g/mol. The van der Waals surface area contributed by atoms with Crippen LogP contribution in [-0.2, 0) is 11.2 Å². The SMILES string of the molecule is Cc1csc(NC(=O)C2CCCc3sc(NC(=O)c4ccc(Cl)cc4)nc32)n1. The summed E-state index contributed by atoms with van der Waals surface area (Å²) in [6.45, 7) is 1.89. The number of nitrogens with one attached hydrogen (secondary N) is 2. The minimum atomic E-state index is -0.328. The summed E-state index contributed by atoms with van der Waals surface area (Å²) in [4.78, 5) is 35.1. The Balaban J connectivity index is 1.50. The van der Waals surface area contributed by atoms with Crippen molar-refractivity contribution in [2.75, 3.05) is 10.6 Å². The maximum Gasteiger partial charge on any atom is 0.257 e. The van der Waals surface area contributed by atoms with E-state index in [2.05, 4.69) is 20.6 Å². The predicted molar refractivity (Wildman–Crippen MR) is 113 cm³/mol. The molecule has 1 aromatic carbocycles. The first-order valence-electron chi connectivity index (χ1n) is 8.79. The van der Waals surface area contributed by atoms with E-state index in [4.69, 9.17) is 11.6 Å². The molecule has 2 heterocycles. The van der Waals surface area contributed by atoms with Crippen molar-refractivity contribution >= 4 is 56.4 Å². The van der Waals surface area contributed by atoms with E-state index in [1.165, 1.54) is 22.7 Å². The van der Waals surface area contributed by atoms with Crippen LogP contribution in [0.2, 0.25) is 5.02 Å². The third kappa shape index (κ3) is 4.09. The molecule has 0 saturated carbocycles. The van der Waals surface area contributed by atoms with Crippen molar-refractivity contribution in [3.05, 3.63) is 56.5 Å². The number of anilines is 2. The molecule has 28 heavy (non-hydrogen) atoms. The Morgan fingerprint density at radius 1 is 1.14 bits per heavy atom. The number of halogens is 1. The molecule has 6 nitrogen and oxygen atoms in total. The first-order chi connectivity index (χ1) is 13.5. The zero-order valence-electron chi connectivity index (χ0n) is 15.0. The van der Waals surface area contributed by atoms with Gasteiger partial charge in [0.2, 0.25) is 5.91 Å². The zero-order chi connectivity index (χ0) is 19.7. The van der Waals surface area contributed by atoms with E-state index < -0.39 is 0 Å². The number of carbonyl (C=O) groups is 2. The third-order valence-corrected chi connectivity index (χ3v) is 6.62. The number of amides is 2. The lowest BCUT2D eigenvalue weighted by Gasteiger charge is -2.19. The summed E-state index contributed by atoms with van der Waals surface area (Å²) in [6.07, 6.45) is 2.51. The van der Waals surface area contributed by atoms with Crippen molar-refractivity contribution in [3.8, 4) is 0 Å². The first kappa shape index (κ1) is 19.0. The van der Waals surface area contributed by atoms with Crippen LogP contribution in [0.15, 0.2) is 29.6 Å². The van der Waals surface area contributed by atoms with E-state index in [0.717, 1.165) is 35.5 Å². The molecule has 0 bridgehead atoms. The number of rotatable bonds is 4. The van der Waals surface area contributed by atoms with E-state index in [9.17, 15) is 9.59 Å². The van der Waals surface area contributed by atoms with Crippen LogP contribution < -0.4 is 10.6 Å². The van der Waals surface area contributed by atoms with Gasteiger partial charge in [0.1, 0.15) is 0 Å². The van der Waals surface area contributed by atoms with Crippen LogP contribution in [0.25, 0.3) is 0 Å². The Kier molecular flexibility index (Phi) is 5.43. The van der Waals surface area contributed by atoms with E-state index in [1.54, 1.807) is 24.3 Å². The first-order valence-corrected chi connectivity index (χ1v) is 10.9. The minimum Gasteiger partial charge on any atom is -0.301 e. The number of thiazole rings is 2. The van der Waals surface area contributed by atoms with Crippen molar-refractivity contribution in [2.24, 2.45) is 0 Å². The second-order valence-electron chi connectivity index (χ2n) is 6.52. The number of nitrogens with zero attached hydrogens (tertiary/aromatic N) is 2. The Labute approximate surface area is 175 Å². The predicted octanol–water partition coefficient (Wildman–Crippen LogP) is 4.87. The van der Waals surface area contributed by atoms with Crippen molar-refractivity contribution < 1.29 is 9.59 Å². The van der Waals surface area contributed by atoms with Crippen molar-refractivity contribution in [3.63, 3.8) is 0 Å². The fourth-order valence-electron chi connectivity index (χ4n) is 3.10. The molecule has 0 aliphatic heterocycles. The lowest BCUT2D eigenvalue weighted by molar-refractivity contribution is -0.117. The van der Waals surface area contributed by atoms with Gasteiger partial charge in [0.25, 0.3) is 5.91 Å². The normalized spacial score (nSPS) is 15.7. The summed E-state index contributed by atoms with van der Waals surface area (Å²) in [6, 6.07) is 6.67. The number of aromatic nitrogens is 2. The quantitative estimate of drug-likeness (QED) is 0.615. The fourth-order valence-corrected chi connectivity index (χ4v) is 4.98. The lowest BCUT2D eigenvalue weighted by atomic mass is 9.90. The van der Waals surface area contributed by atoms with Gasteiger partial charge in [-0.2, -0.15) is 0 Å². The van der Waals surface area contributed by atoms with E-state index in [-0.39, 0.29) is 17.7 Å². The van der Waals surface area contributed by atoms with Gasteiger partial charge in [-0.15, -0.1) is 22.7 Å². The summed E-state index contributed by atoms with van der Waals surface area (Å²) in [5.41, 5.74) is 2.14. The van der Waals surface area contributed by atoms with Gasteiger partial charge in [-0.05, 0) is 50.5 Å². The number of hydrogen-bond donors (Lipinski definition) is 2. The summed E-state index contributed by atoms with van der Waals surface area (Å²) in [5.74, 6) is -0.677. The molecular weight excluding hydrogens is 416 g/mol. The second kappa shape index (κ2) is 7.98. The number of fused-ring (bicyclic) bond motifs is 1. The van der Waals surface area contributed by atoms with Gasteiger partial charge in [0.05, 0.1) is 17.3 Å². The molecule has 0 saturated heterocycles. The van der Waals surface area contributed by atoms with Crippen LogP contribution in [0.3, 0.4) is 0 Å². The molecule has 1 aliphatic rings. The molecule has 9 heteroatoms. The van der Waals surface area contributed by atoms with Gasteiger partial charge in [0, 0.05) is 20.8 Å². The molecule has 3 aromatic rings.